The molecule has 0 aromatic heterocycles. The molecule has 0 saturated heterocycles. The molecule has 0 N–H and O–H groups in total. The van der Waals surface area contributed by atoms with Gasteiger partial charge in [-0.05, 0) is 97.2 Å². The highest BCUT2D eigenvalue weighted by Gasteiger charge is 2.46. The number of fused-ring (bicyclic) bond motifs is 3. The fourth-order valence-electron chi connectivity index (χ4n) is 5.99. The maximum absolute atomic E-state index is 12.4. The van der Waals surface area contributed by atoms with E-state index in [1.807, 2.05) is 76.2 Å². The van der Waals surface area contributed by atoms with Gasteiger partial charge in [-0.2, -0.15) is 16.8 Å². The summed E-state index contributed by atoms with van der Waals surface area (Å²) in [4.78, 5) is 0. The average Bonchev–Trinajstić information content (AvgIpc) is 3.24. The molecule has 0 radical (unpaired) electrons. The maximum atomic E-state index is 12.4. The van der Waals surface area contributed by atoms with Crippen molar-refractivity contribution in [1.29, 1.82) is 0 Å². The van der Waals surface area contributed by atoms with Crippen LogP contribution in [0.4, 0.5) is 0 Å². The van der Waals surface area contributed by atoms with E-state index in [-0.39, 0.29) is 11.5 Å². The van der Waals surface area contributed by atoms with E-state index in [2.05, 4.69) is 24.3 Å². The number of hydrogen-bond acceptors (Lipinski definition) is 6. The van der Waals surface area contributed by atoms with Gasteiger partial charge < -0.3 is 8.37 Å². The van der Waals surface area contributed by atoms with Gasteiger partial charge >= 0.3 is 20.2 Å². The van der Waals surface area contributed by atoms with Gasteiger partial charge in [-0.3, -0.25) is 0 Å². The quantitative estimate of drug-likeness (QED) is 0.186. The van der Waals surface area contributed by atoms with Crippen molar-refractivity contribution in [2.24, 2.45) is 0 Å². The van der Waals surface area contributed by atoms with Crippen molar-refractivity contribution in [1.82, 2.24) is 0 Å². The smallest absolute Gasteiger partial charge is 0.308 e. The van der Waals surface area contributed by atoms with Crippen LogP contribution in [0.5, 0.6) is 11.5 Å². The first kappa shape index (κ1) is 28.9. The molecule has 0 heterocycles. The second-order valence-electron chi connectivity index (χ2n) is 10.6. The molecule has 0 amide bonds. The molecule has 4 aromatic carbocycles. The molecule has 5 rings (SSSR count). The van der Waals surface area contributed by atoms with Crippen molar-refractivity contribution in [2.75, 3.05) is 11.5 Å². The van der Waals surface area contributed by atoms with Gasteiger partial charge in [0, 0.05) is 0 Å². The summed E-state index contributed by atoms with van der Waals surface area (Å²) in [5, 5.41) is 0. The van der Waals surface area contributed by atoms with Crippen LogP contribution in [-0.4, -0.2) is 28.3 Å². The fraction of sp³-hybridized carbons (Fsp3) is 0.273. The van der Waals surface area contributed by atoms with Gasteiger partial charge in [0.05, 0.1) is 16.9 Å². The molecule has 0 saturated carbocycles. The van der Waals surface area contributed by atoms with Crippen LogP contribution in [-0.2, 0) is 25.7 Å². The number of rotatable bonds is 8. The predicted molar refractivity (Wildman–Crippen MR) is 163 cm³/mol. The molecule has 41 heavy (non-hydrogen) atoms. The third kappa shape index (κ3) is 4.83. The first-order chi connectivity index (χ1) is 19.3. The van der Waals surface area contributed by atoms with Crippen molar-refractivity contribution in [3.63, 3.8) is 0 Å². The van der Waals surface area contributed by atoms with E-state index in [0.29, 0.717) is 33.8 Å². The monoisotopic (exact) mass is 590 g/mol. The first-order valence-corrected chi connectivity index (χ1v) is 16.8. The van der Waals surface area contributed by atoms with E-state index in [0.717, 1.165) is 33.4 Å². The van der Waals surface area contributed by atoms with Crippen molar-refractivity contribution in [2.45, 2.75) is 47.0 Å². The summed E-state index contributed by atoms with van der Waals surface area (Å²) in [6, 6.07) is 24.6. The fourth-order valence-corrected chi connectivity index (χ4v) is 7.26. The first-order valence-electron chi connectivity index (χ1n) is 13.6. The molecule has 8 heteroatoms. The topological polar surface area (TPSA) is 86.7 Å². The van der Waals surface area contributed by atoms with Crippen LogP contribution in [0.25, 0.3) is 11.1 Å². The molecule has 1 aliphatic rings. The van der Waals surface area contributed by atoms with E-state index >= 15 is 0 Å². The van der Waals surface area contributed by atoms with E-state index in [9.17, 15) is 16.8 Å². The van der Waals surface area contributed by atoms with Crippen LogP contribution < -0.4 is 8.37 Å². The standard InChI is InChI=1S/C33H34O6S2/c1-7-40(34,35)38-31-21(3)17-25(18-22(31)4)33(26-19-23(5)32(24(6)20-26)39-41(36,37)8-2)29-15-11-9-13-27(29)28-14-10-12-16-30(28)33/h9-20H,7-8H2,1-6H3. The van der Waals surface area contributed by atoms with Crippen molar-refractivity contribution < 1.29 is 25.2 Å². The molecule has 214 valence electrons. The Morgan fingerprint density at radius 2 is 0.878 bits per heavy atom. The van der Waals surface area contributed by atoms with Gasteiger partial charge in [-0.15, -0.1) is 0 Å². The zero-order valence-electron chi connectivity index (χ0n) is 24.1. The normalized spacial score (nSPS) is 13.9. The highest BCUT2D eigenvalue weighted by atomic mass is 32.2. The van der Waals surface area contributed by atoms with Crippen LogP contribution >= 0.6 is 0 Å². The molecular formula is C33H34O6S2. The summed E-state index contributed by atoms with van der Waals surface area (Å²) in [5.74, 6) is 0.426. The van der Waals surface area contributed by atoms with Crippen LogP contribution in [0.15, 0.2) is 72.8 Å². The molecule has 1 aliphatic carbocycles. The summed E-state index contributed by atoms with van der Waals surface area (Å²) in [6.45, 7) is 10.6. The summed E-state index contributed by atoms with van der Waals surface area (Å²) in [5.41, 5.74) is 8.38. The van der Waals surface area contributed by atoms with Crippen LogP contribution in [0.1, 0.15) is 58.4 Å². The van der Waals surface area contributed by atoms with Crippen LogP contribution in [0.2, 0.25) is 0 Å². The number of aryl methyl sites for hydroxylation is 4. The minimum absolute atomic E-state index is 0.126. The Balaban J connectivity index is 1.85. The molecule has 0 atom stereocenters. The second-order valence-corrected chi connectivity index (χ2v) is 14.3. The minimum Gasteiger partial charge on any atom is -0.382 e. The average molecular weight is 591 g/mol. The Hall–Kier alpha value is -3.62. The van der Waals surface area contributed by atoms with E-state index < -0.39 is 25.7 Å². The van der Waals surface area contributed by atoms with Gasteiger partial charge in [0.1, 0.15) is 11.5 Å². The van der Waals surface area contributed by atoms with Gasteiger partial charge in [0.2, 0.25) is 0 Å². The zero-order chi connectivity index (χ0) is 29.7. The zero-order valence-corrected chi connectivity index (χ0v) is 25.7. The Labute approximate surface area is 243 Å². The highest BCUT2D eigenvalue weighted by molar-refractivity contribution is 7.87. The largest absolute Gasteiger partial charge is 0.382 e. The Bertz CT molecular complexity index is 1700. The van der Waals surface area contributed by atoms with Crippen LogP contribution in [0, 0.1) is 27.7 Å². The lowest BCUT2D eigenvalue weighted by Gasteiger charge is -2.35. The SMILES string of the molecule is CCS(=O)(=O)Oc1c(C)cc(C2(c3cc(C)c(OS(=O)(=O)CC)c(C)c3)c3ccccc3-c3ccccc32)cc1C. The molecule has 0 unspecified atom stereocenters. The van der Waals surface area contributed by atoms with Crippen molar-refractivity contribution >= 4 is 20.2 Å². The lowest BCUT2D eigenvalue weighted by molar-refractivity contribution is 0.482. The van der Waals surface area contributed by atoms with Gasteiger partial charge in [-0.1, -0.05) is 72.8 Å². The molecule has 0 bridgehead atoms. The molecule has 0 fully saturated rings. The third-order valence-electron chi connectivity index (χ3n) is 7.87. The van der Waals surface area contributed by atoms with E-state index in [4.69, 9.17) is 8.37 Å². The lowest BCUT2D eigenvalue weighted by Crippen LogP contribution is -2.29. The lowest BCUT2D eigenvalue weighted by atomic mass is 9.66. The number of benzene rings is 4. The van der Waals surface area contributed by atoms with E-state index in [1.165, 1.54) is 0 Å². The van der Waals surface area contributed by atoms with E-state index in [1.54, 1.807) is 13.8 Å². The maximum Gasteiger partial charge on any atom is 0.308 e. The molecular weight excluding hydrogens is 556 g/mol. The minimum atomic E-state index is -3.71. The second kappa shape index (κ2) is 10.3. The number of hydrogen-bond donors (Lipinski definition) is 0. The molecule has 4 aromatic rings. The summed E-state index contributed by atoms with van der Waals surface area (Å²) in [7, 11) is -7.42. The predicted octanol–water partition coefficient (Wildman–Crippen LogP) is 6.74. The van der Waals surface area contributed by atoms with Crippen LogP contribution in [0.3, 0.4) is 0 Å². The van der Waals surface area contributed by atoms with Gasteiger partial charge in [-0.25, -0.2) is 0 Å². The summed E-state index contributed by atoms with van der Waals surface area (Å²) < 4.78 is 60.5. The summed E-state index contributed by atoms with van der Waals surface area (Å²) in [6.07, 6.45) is 0. The third-order valence-corrected chi connectivity index (χ3v) is 10.1. The Morgan fingerprint density at radius 1 is 0.561 bits per heavy atom. The van der Waals surface area contributed by atoms with Gasteiger partial charge in [0.15, 0.2) is 0 Å². The highest BCUT2D eigenvalue weighted by Crippen LogP contribution is 2.57. The van der Waals surface area contributed by atoms with Crippen molar-refractivity contribution in [3.05, 3.63) is 117 Å². The Morgan fingerprint density at radius 3 is 1.20 bits per heavy atom. The molecule has 0 spiro atoms. The van der Waals surface area contributed by atoms with Gasteiger partial charge in [0.25, 0.3) is 0 Å². The summed E-state index contributed by atoms with van der Waals surface area (Å²) >= 11 is 0. The molecule has 6 nitrogen and oxygen atoms in total. The van der Waals surface area contributed by atoms with Crippen molar-refractivity contribution in [3.8, 4) is 22.6 Å². The Kier molecular flexibility index (Phi) is 7.28. The molecule has 0 aliphatic heterocycles.